The Labute approximate surface area is 606 Å². The van der Waals surface area contributed by atoms with Crippen molar-refractivity contribution in [3.8, 4) is 0 Å². The van der Waals surface area contributed by atoms with Crippen LogP contribution in [0.3, 0.4) is 0 Å². The van der Waals surface area contributed by atoms with Gasteiger partial charge in [-0.3, -0.25) is 0 Å². The minimum Gasteiger partial charge on any atom is -0.177 e. The minimum absolute atomic E-state index is 0. The van der Waals surface area contributed by atoms with Crippen molar-refractivity contribution in [1.29, 1.82) is 0 Å². The molecule has 0 spiro atoms. The molecule has 4 fully saturated rings. The molecule has 0 heterocycles. The fourth-order valence-electron chi connectivity index (χ4n) is 12.3. The number of hydrogen-bond donors (Lipinski definition) is 0. The van der Waals surface area contributed by atoms with Crippen LogP contribution >= 0.6 is 0 Å². The fraction of sp³-hybridized carbons (Fsp3) is 0.642. The SMILES string of the molecule is CC.CC.CC.Cc1[c-]c(C)cc(CC2CCC(CC3CCCCC3)CC2)c1.Cc1[c-]c(C)cc(CC2CCCCC2)c1.Cc1[c-]c(C)cc(Cc2c(C)cc(CC3CCCCC3)cc2C)c1.[Y].[Y].[Y].[Y].[Y].[Y]. The summed E-state index contributed by atoms with van der Waals surface area (Å²) in [4.78, 5) is 0. The van der Waals surface area contributed by atoms with E-state index in [2.05, 4.69) is 122 Å². The van der Waals surface area contributed by atoms with E-state index in [1.165, 1.54) is 202 Å². The summed E-state index contributed by atoms with van der Waals surface area (Å²) in [5.41, 5.74) is 18.1. The van der Waals surface area contributed by atoms with E-state index in [-0.39, 0.29) is 196 Å². The van der Waals surface area contributed by atoms with E-state index >= 15 is 0 Å². The summed E-state index contributed by atoms with van der Waals surface area (Å²) in [7, 11) is 0. The molecule has 392 valence electrons. The van der Waals surface area contributed by atoms with Gasteiger partial charge in [-0.15, -0.1) is 0 Å². The van der Waals surface area contributed by atoms with E-state index < -0.39 is 0 Å². The molecule has 0 aliphatic heterocycles. The van der Waals surface area contributed by atoms with E-state index in [1.807, 2.05) is 41.5 Å². The molecule has 4 aromatic carbocycles. The average molecular weight is 1440 g/mol. The van der Waals surface area contributed by atoms with Gasteiger partial charge in [0.2, 0.25) is 0 Å². The third-order valence-electron chi connectivity index (χ3n) is 15.1. The van der Waals surface area contributed by atoms with E-state index in [0.717, 1.165) is 36.0 Å². The Balaban J connectivity index is -0.000000455. The van der Waals surface area contributed by atoms with E-state index in [4.69, 9.17) is 0 Å². The molecule has 6 heteroatoms. The second kappa shape index (κ2) is 49.0. The third-order valence-corrected chi connectivity index (χ3v) is 15.1. The second-order valence-corrected chi connectivity index (χ2v) is 21.2. The van der Waals surface area contributed by atoms with Crippen LogP contribution in [0.5, 0.6) is 0 Å². The molecule has 0 saturated heterocycles. The Morgan fingerprint density at radius 2 is 0.534 bits per heavy atom. The molecule has 4 aliphatic rings. The van der Waals surface area contributed by atoms with Crippen LogP contribution < -0.4 is 0 Å². The van der Waals surface area contributed by atoms with Crippen LogP contribution in [0.1, 0.15) is 242 Å². The zero-order valence-corrected chi connectivity index (χ0v) is 67.0. The Kier molecular flexibility index (Phi) is 55.7. The molecule has 4 aromatic rings. The van der Waals surface area contributed by atoms with Crippen molar-refractivity contribution in [2.75, 3.05) is 0 Å². The monoisotopic (exact) mass is 1440 g/mol. The first-order valence-electron chi connectivity index (χ1n) is 28.5. The van der Waals surface area contributed by atoms with Gasteiger partial charge in [-0.25, -0.2) is 0 Å². The van der Waals surface area contributed by atoms with Crippen molar-refractivity contribution in [2.24, 2.45) is 29.6 Å². The van der Waals surface area contributed by atoms with Gasteiger partial charge in [-0.05, 0) is 111 Å². The molecule has 0 aromatic heterocycles. The molecular weight excluding hydrogens is 1340 g/mol. The molecular formula is C67H103Y6-3. The largest absolute Gasteiger partial charge is 0.177 e. The third kappa shape index (κ3) is 34.0. The summed E-state index contributed by atoms with van der Waals surface area (Å²) < 4.78 is 0. The molecule has 0 bridgehead atoms. The van der Waals surface area contributed by atoms with Crippen LogP contribution in [0.15, 0.2) is 48.5 Å². The molecule has 0 unspecified atom stereocenters. The molecule has 8 rings (SSSR count). The van der Waals surface area contributed by atoms with Crippen LogP contribution in [-0.4, -0.2) is 0 Å². The fourth-order valence-corrected chi connectivity index (χ4v) is 12.3. The summed E-state index contributed by atoms with van der Waals surface area (Å²) in [5.74, 6) is 4.92. The first-order chi connectivity index (χ1) is 32.4. The standard InChI is InChI=1S/C24H31.C22H33.C15H21.3C2H6.6Y/c1-17-10-18(2)12-22(11-17)16-24-19(3)13-23(14-20(24)4)15-21-8-6-5-7-9-21;1-17-12-18(2)14-22(13-17)16-21-10-8-20(9-11-21)15-19-6-4-3-5-7-19;1-12-8-13(2)10-15(9-12)11-14-6-4-3-5-7-14;3*1-2;;;;;;/h11-14,21H,5-9,15-16H2,1-4H3;13-14,19-21H,3-11,15-16H2,1-2H3;9-10,14H,3-7,11H2,1-2H3;3*1-2H3;;;;;;/q3*-1;;;;;;;;;. The van der Waals surface area contributed by atoms with Crippen LogP contribution in [0.4, 0.5) is 0 Å². The zero-order valence-electron chi connectivity index (χ0n) is 49.9. The molecule has 6 radical (unpaired) electrons. The van der Waals surface area contributed by atoms with Gasteiger partial charge in [0.25, 0.3) is 0 Å². The number of benzene rings is 4. The van der Waals surface area contributed by atoms with Gasteiger partial charge in [0.1, 0.15) is 0 Å². The molecule has 4 saturated carbocycles. The first-order valence-corrected chi connectivity index (χ1v) is 28.5. The maximum atomic E-state index is 3.40. The Hall–Kier alpha value is 3.50. The Bertz CT molecular complexity index is 1860. The summed E-state index contributed by atoms with van der Waals surface area (Å²) in [6, 6.07) is 28.9. The summed E-state index contributed by atoms with van der Waals surface area (Å²) in [6.07, 6.45) is 34.3. The maximum Gasteiger partial charge on any atom is 0 e. The van der Waals surface area contributed by atoms with E-state index in [9.17, 15) is 0 Å². The first kappa shape index (κ1) is 83.0. The summed E-state index contributed by atoms with van der Waals surface area (Å²) >= 11 is 0. The molecule has 0 N–H and O–H groups in total. The van der Waals surface area contributed by atoms with Crippen molar-refractivity contribution in [2.45, 2.75) is 251 Å². The predicted molar refractivity (Wildman–Crippen MR) is 298 cm³/mol. The minimum atomic E-state index is 0. The molecule has 4 aliphatic carbocycles. The number of aryl methyl sites for hydroxylation is 8. The van der Waals surface area contributed by atoms with Gasteiger partial charge in [0.15, 0.2) is 0 Å². The van der Waals surface area contributed by atoms with Crippen molar-refractivity contribution in [1.82, 2.24) is 0 Å². The normalized spacial score (nSPS) is 17.2. The van der Waals surface area contributed by atoms with E-state index in [1.54, 1.807) is 17.5 Å². The van der Waals surface area contributed by atoms with Gasteiger partial charge < -0.3 is 0 Å². The summed E-state index contributed by atoms with van der Waals surface area (Å²) in [6.45, 7) is 29.5. The number of rotatable bonds is 10. The Morgan fingerprint density at radius 3 is 0.849 bits per heavy atom. The van der Waals surface area contributed by atoms with Gasteiger partial charge >= 0.3 is 0 Å². The van der Waals surface area contributed by atoms with Crippen LogP contribution in [-0.2, 0) is 222 Å². The Morgan fingerprint density at radius 1 is 0.301 bits per heavy atom. The van der Waals surface area contributed by atoms with Gasteiger partial charge in [-0.2, -0.15) is 105 Å². The van der Waals surface area contributed by atoms with Crippen LogP contribution in [0.25, 0.3) is 0 Å². The topological polar surface area (TPSA) is 0 Å². The van der Waals surface area contributed by atoms with Crippen molar-refractivity contribution in [3.63, 3.8) is 0 Å². The average Bonchev–Trinajstić information content (AvgIpc) is 3.31. The van der Waals surface area contributed by atoms with Gasteiger partial charge in [0.05, 0.1) is 0 Å². The summed E-state index contributed by atoms with van der Waals surface area (Å²) in [5, 5.41) is 0. The van der Waals surface area contributed by atoms with E-state index in [0.29, 0.717) is 0 Å². The molecule has 0 amide bonds. The molecule has 0 nitrogen and oxygen atoms in total. The second-order valence-electron chi connectivity index (χ2n) is 21.2. The molecule has 0 atom stereocenters. The van der Waals surface area contributed by atoms with Crippen molar-refractivity contribution < 1.29 is 196 Å². The number of hydrogen-bond acceptors (Lipinski definition) is 0. The maximum absolute atomic E-state index is 3.40. The predicted octanol–water partition coefficient (Wildman–Crippen LogP) is 20.1. The van der Waals surface area contributed by atoms with Crippen LogP contribution in [0.2, 0.25) is 0 Å². The quantitative estimate of drug-likeness (QED) is 0.139. The molecule has 73 heavy (non-hydrogen) atoms. The smallest absolute Gasteiger partial charge is 0 e. The van der Waals surface area contributed by atoms with Crippen molar-refractivity contribution >= 4 is 0 Å². The van der Waals surface area contributed by atoms with Crippen LogP contribution in [0, 0.1) is 103 Å². The van der Waals surface area contributed by atoms with Gasteiger partial charge in [0, 0.05) is 196 Å². The van der Waals surface area contributed by atoms with Gasteiger partial charge in [-0.1, -0.05) is 204 Å². The van der Waals surface area contributed by atoms with Crippen molar-refractivity contribution in [3.05, 3.63) is 139 Å². The zero-order chi connectivity index (χ0) is 49.1.